The predicted octanol–water partition coefficient (Wildman–Crippen LogP) is 5.20. The first-order chi connectivity index (χ1) is 23.1. The molecule has 0 N–H and O–H groups in total. The van der Waals surface area contributed by atoms with Crippen molar-refractivity contribution in [3.05, 3.63) is 70.5 Å². The Bertz CT molecular complexity index is 1620. The molecular weight excluding hydrogens is 632 g/mol. The number of likely N-dealkylation sites (tertiary alicyclic amines) is 3. The quantitative estimate of drug-likeness (QED) is 0.307. The molecule has 1 aromatic heterocycles. The van der Waals surface area contributed by atoms with Crippen LogP contribution >= 0.6 is 11.6 Å². The Balaban J connectivity index is 1.03. The zero-order chi connectivity index (χ0) is 33.9. The molecule has 256 valence electrons. The van der Waals surface area contributed by atoms with Gasteiger partial charge in [0.05, 0.1) is 18.5 Å². The van der Waals surface area contributed by atoms with Gasteiger partial charge in [-0.1, -0.05) is 17.7 Å². The van der Waals surface area contributed by atoms with Gasteiger partial charge in [-0.2, -0.15) is 5.10 Å². The first kappa shape index (κ1) is 33.8. The van der Waals surface area contributed by atoms with Gasteiger partial charge in [-0.15, -0.1) is 0 Å². The minimum Gasteiger partial charge on any atom is -0.497 e. The van der Waals surface area contributed by atoms with E-state index in [1.165, 1.54) is 0 Å². The normalized spacial score (nSPS) is 19.8. The highest BCUT2D eigenvalue weighted by Crippen LogP contribution is 2.33. The molecule has 2 aromatic carbocycles. The number of aryl methyl sites for hydroxylation is 2. The second-order valence-electron chi connectivity index (χ2n) is 13.3. The van der Waals surface area contributed by atoms with Crippen LogP contribution in [0.3, 0.4) is 0 Å². The van der Waals surface area contributed by atoms with Crippen molar-refractivity contribution < 1.29 is 23.9 Å². The van der Waals surface area contributed by atoms with E-state index in [1.54, 1.807) is 28.5 Å². The van der Waals surface area contributed by atoms with Crippen molar-refractivity contribution in [2.75, 3.05) is 64.4 Å². The second-order valence-corrected chi connectivity index (χ2v) is 13.7. The lowest BCUT2D eigenvalue weighted by Crippen LogP contribution is -2.43. The van der Waals surface area contributed by atoms with Gasteiger partial charge in [0.1, 0.15) is 17.5 Å². The van der Waals surface area contributed by atoms with Crippen LogP contribution in [0.2, 0.25) is 5.02 Å². The number of carbonyl (C=O) groups excluding carboxylic acids is 3. The molecule has 3 fully saturated rings. The number of methoxy groups -OCH3 is 1. The van der Waals surface area contributed by atoms with E-state index >= 15 is 0 Å². The van der Waals surface area contributed by atoms with Crippen molar-refractivity contribution in [1.82, 2.24) is 24.5 Å². The average molecular weight is 677 g/mol. The topological polar surface area (TPSA) is 100 Å². The second kappa shape index (κ2) is 14.6. The predicted molar refractivity (Wildman–Crippen MR) is 184 cm³/mol. The Labute approximate surface area is 287 Å². The summed E-state index contributed by atoms with van der Waals surface area (Å²) in [6.07, 6.45) is 1.43. The minimum absolute atomic E-state index is 0.00486. The number of nitrogens with zero attached hydrogens (tertiary/aromatic N) is 6. The Morgan fingerprint density at radius 1 is 0.938 bits per heavy atom. The maximum atomic E-state index is 13.7. The monoisotopic (exact) mass is 676 g/mol. The van der Waals surface area contributed by atoms with Crippen LogP contribution in [0.25, 0.3) is 5.69 Å². The van der Waals surface area contributed by atoms with Gasteiger partial charge >= 0.3 is 6.09 Å². The van der Waals surface area contributed by atoms with Crippen LogP contribution in [-0.4, -0.2) is 108 Å². The van der Waals surface area contributed by atoms with Gasteiger partial charge in [-0.3, -0.25) is 14.5 Å². The lowest BCUT2D eigenvalue weighted by molar-refractivity contribution is -0.130. The number of benzene rings is 2. The molecule has 2 atom stereocenters. The third kappa shape index (κ3) is 7.47. The van der Waals surface area contributed by atoms with Crippen LogP contribution in [-0.2, 0) is 9.53 Å². The Morgan fingerprint density at radius 3 is 2.25 bits per heavy atom. The minimum atomic E-state index is -0.382. The maximum Gasteiger partial charge on any atom is 0.414 e. The van der Waals surface area contributed by atoms with Gasteiger partial charge in [0, 0.05) is 76.3 Å². The highest BCUT2D eigenvalue weighted by atomic mass is 35.5. The van der Waals surface area contributed by atoms with Crippen molar-refractivity contribution in [2.45, 2.75) is 46.1 Å². The molecule has 6 rings (SSSR count). The lowest BCUT2D eigenvalue weighted by Gasteiger charge is -2.32. The van der Waals surface area contributed by atoms with E-state index in [2.05, 4.69) is 10.00 Å². The molecule has 0 radical (unpaired) electrons. The fraction of sp³-hybridized carbons (Fsp3) is 0.500. The van der Waals surface area contributed by atoms with Gasteiger partial charge in [0.25, 0.3) is 5.91 Å². The maximum absolute atomic E-state index is 13.7. The molecule has 12 heteroatoms. The number of hydrogen-bond acceptors (Lipinski definition) is 7. The summed E-state index contributed by atoms with van der Waals surface area (Å²) in [6, 6.07) is 15.1. The van der Waals surface area contributed by atoms with Crippen LogP contribution in [0.15, 0.2) is 48.5 Å². The van der Waals surface area contributed by atoms with Gasteiger partial charge in [0.15, 0.2) is 0 Å². The number of piperidine rings is 1. The van der Waals surface area contributed by atoms with Crippen molar-refractivity contribution in [2.24, 2.45) is 11.8 Å². The van der Waals surface area contributed by atoms with E-state index in [1.807, 2.05) is 67.3 Å². The van der Waals surface area contributed by atoms with Gasteiger partial charge in [0.2, 0.25) is 5.91 Å². The molecule has 0 saturated carbocycles. The standard InChI is InChI=1S/C36H45ClN6O5/c1-24-6-7-30(19-33(24)37)42(36(46)48-32-12-16-40(17-13-32)26(3)44)15-5-14-39-20-27-22-41(23-28(27)21-39)35(45)34-18-25(2)38-43(34)29-8-10-31(47-4)11-9-29/h6-11,18-19,27-28,32H,5,12-17,20-23H2,1-4H3. The van der Waals surface area contributed by atoms with E-state index < -0.39 is 0 Å². The summed E-state index contributed by atoms with van der Waals surface area (Å²) in [5, 5.41) is 5.21. The third-order valence-corrected chi connectivity index (χ3v) is 10.3. The zero-order valence-corrected chi connectivity index (χ0v) is 29.0. The Kier molecular flexibility index (Phi) is 10.3. The number of ether oxygens (including phenoxy) is 2. The summed E-state index contributed by atoms with van der Waals surface area (Å²) in [7, 11) is 1.63. The summed E-state index contributed by atoms with van der Waals surface area (Å²) in [5.74, 6) is 1.62. The molecule has 48 heavy (non-hydrogen) atoms. The Hall–Kier alpha value is -4.09. The number of aromatic nitrogens is 2. The van der Waals surface area contributed by atoms with E-state index in [4.69, 9.17) is 21.1 Å². The van der Waals surface area contributed by atoms with Crippen LogP contribution in [0, 0.1) is 25.7 Å². The first-order valence-electron chi connectivity index (χ1n) is 16.8. The smallest absolute Gasteiger partial charge is 0.414 e. The number of carbonyl (C=O) groups is 3. The molecular formula is C36H45ClN6O5. The zero-order valence-electron chi connectivity index (χ0n) is 28.2. The van der Waals surface area contributed by atoms with Crippen molar-refractivity contribution in [3.8, 4) is 11.4 Å². The first-order valence-corrected chi connectivity index (χ1v) is 17.2. The lowest BCUT2D eigenvalue weighted by atomic mass is 10.0. The van der Waals surface area contributed by atoms with E-state index in [9.17, 15) is 14.4 Å². The van der Waals surface area contributed by atoms with E-state index in [0.717, 1.165) is 61.8 Å². The molecule has 3 amide bonds. The number of halogens is 1. The number of rotatable bonds is 9. The molecule has 3 aliphatic rings. The SMILES string of the molecule is COc1ccc(-n2nc(C)cc2C(=O)N2CC3CN(CCCN(C(=O)OC4CCN(C(C)=O)CC4)c4ccc(C)c(Cl)c4)CC3C2)cc1. The van der Waals surface area contributed by atoms with Gasteiger partial charge in [-0.05, 0) is 86.7 Å². The van der Waals surface area contributed by atoms with E-state index in [0.29, 0.717) is 60.7 Å². The van der Waals surface area contributed by atoms with Crippen molar-refractivity contribution >= 4 is 35.2 Å². The van der Waals surface area contributed by atoms with Gasteiger partial charge < -0.3 is 24.2 Å². The average Bonchev–Trinajstić information content (AvgIpc) is 3.78. The summed E-state index contributed by atoms with van der Waals surface area (Å²) in [5.41, 5.74) is 3.85. The largest absolute Gasteiger partial charge is 0.497 e. The van der Waals surface area contributed by atoms with Crippen molar-refractivity contribution in [3.63, 3.8) is 0 Å². The van der Waals surface area contributed by atoms with Crippen LogP contribution in [0.4, 0.5) is 10.5 Å². The number of amides is 3. The summed E-state index contributed by atoms with van der Waals surface area (Å²) in [6.45, 7) is 11.2. The molecule has 3 aromatic rings. The highest BCUT2D eigenvalue weighted by Gasteiger charge is 2.42. The fourth-order valence-corrected chi connectivity index (χ4v) is 7.37. The van der Waals surface area contributed by atoms with E-state index in [-0.39, 0.29) is 24.0 Å². The Morgan fingerprint density at radius 2 is 1.62 bits per heavy atom. The summed E-state index contributed by atoms with van der Waals surface area (Å²) in [4.78, 5) is 46.8. The fourth-order valence-electron chi connectivity index (χ4n) is 7.20. The summed E-state index contributed by atoms with van der Waals surface area (Å²) >= 11 is 6.46. The van der Waals surface area contributed by atoms with Crippen LogP contribution in [0.5, 0.6) is 5.75 Å². The molecule has 2 unspecified atom stereocenters. The number of anilines is 1. The molecule has 11 nitrogen and oxygen atoms in total. The van der Waals surface area contributed by atoms with Crippen molar-refractivity contribution in [1.29, 1.82) is 0 Å². The molecule has 0 bridgehead atoms. The molecule has 0 spiro atoms. The highest BCUT2D eigenvalue weighted by molar-refractivity contribution is 6.31. The number of hydrogen-bond donors (Lipinski definition) is 0. The molecule has 3 aliphatic heterocycles. The van der Waals surface area contributed by atoms with Crippen LogP contribution < -0.4 is 9.64 Å². The molecule has 0 aliphatic carbocycles. The van der Waals surface area contributed by atoms with Crippen LogP contribution in [0.1, 0.15) is 47.9 Å². The third-order valence-electron chi connectivity index (χ3n) is 9.92. The van der Waals surface area contributed by atoms with Gasteiger partial charge in [-0.25, -0.2) is 9.48 Å². The number of fused-ring (bicyclic) bond motifs is 1. The molecule has 4 heterocycles. The summed E-state index contributed by atoms with van der Waals surface area (Å²) < 4.78 is 13.0. The molecule has 3 saturated heterocycles.